The first-order valence-corrected chi connectivity index (χ1v) is 4.22. The first-order valence-electron chi connectivity index (χ1n) is 4.22. The van der Waals surface area contributed by atoms with Gasteiger partial charge in [0.05, 0.1) is 12.9 Å². The van der Waals surface area contributed by atoms with Crippen LogP contribution in [0.2, 0.25) is 0 Å². The van der Waals surface area contributed by atoms with Crippen LogP contribution in [0.4, 0.5) is 0 Å². The monoisotopic (exact) mass is 152 g/mol. The first-order chi connectivity index (χ1) is 5.33. The lowest BCUT2D eigenvalue weighted by Crippen LogP contribution is -2.12. The van der Waals surface area contributed by atoms with Gasteiger partial charge in [0.2, 0.25) is 0 Å². The molecular weight excluding hydrogens is 136 g/mol. The van der Waals surface area contributed by atoms with Gasteiger partial charge in [0.25, 0.3) is 0 Å². The zero-order valence-electron chi connectivity index (χ0n) is 7.01. The van der Waals surface area contributed by atoms with Crippen LogP contribution in [0.1, 0.15) is 25.7 Å². The van der Waals surface area contributed by atoms with Crippen LogP contribution < -0.4 is 0 Å². The largest absolute Gasteiger partial charge is 0.502 e. The lowest BCUT2D eigenvalue weighted by Gasteiger charge is -2.22. The molecule has 0 bridgehead atoms. The Morgan fingerprint density at radius 1 is 1.45 bits per heavy atom. The van der Waals surface area contributed by atoms with E-state index < -0.39 is 0 Å². The number of rotatable bonds is 3. The molecule has 0 N–H and O–H groups in total. The van der Waals surface area contributed by atoms with E-state index >= 15 is 0 Å². The lowest BCUT2D eigenvalue weighted by molar-refractivity contribution is 0.176. The molecule has 1 aliphatic carbocycles. The number of hydrogen-bond donors (Lipinski definition) is 0. The molecule has 0 radical (unpaired) electrons. The van der Waals surface area contributed by atoms with Gasteiger partial charge in [-0.05, 0) is 31.6 Å². The summed E-state index contributed by atoms with van der Waals surface area (Å²) >= 11 is 0. The highest BCUT2D eigenvalue weighted by Gasteiger charge is 2.14. The third-order valence-electron chi connectivity index (χ3n) is 2.26. The van der Waals surface area contributed by atoms with Crippen LogP contribution in [0.15, 0.2) is 25.0 Å². The fourth-order valence-corrected chi connectivity index (χ4v) is 1.46. The highest BCUT2D eigenvalue weighted by atomic mass is 16.5. The maximum atomic E-state index is 5.14. The number of allylic oxidation sites excluding steroid dienone is 1. The first kappa shape index (κ1) is 8.38. The molecule has 1 saturated carbocycles. The van der Waals surface area contributed by atoms with E-state index in [0.717, 1.165) is 12.5 Å². The summed E-state index contributed by atoms with van der Waals surface area (Å²) in [6.07, 6.45) is 6.39. The summed E-state index contributed by atoms with van der Waals surface area (Å²) in [5, 5.41) is 0. The summed E-state index contributed by atoms with van der Waals surface area (Å²) in [5.41, 5.74) is 1.40. The predicted octanol–water partition coefficient (Wildman–Crippen LogP) is 2.89. The van der Waals surface area contributed by atoms with Gasteiger partial charge in [-0.2, -0.15) is 0 Å². The molecule has 0 spiro atoms. The van der Waals surface area contributed by atoms with Crippen molar-refractivity contribution in [2.45, 2.75) is 25.7 Å². The van der Waals surface area contributed by atoms with E-state index in [1.54, 1.807) is 0 Å². The normalized spacial score (nSPS) is 19.8. The smallest absolute Gasteiger partial charge is 0.0901 e. The van der Waals surface area contributed by atoms with Crippen molar-refractivity contribution >= 4 is 0 Å². The summed E-state index contributed by atoms with van der Waals surface area (Å²) in [7, 11) is 0. The molecule has 0 atom stereocenters. The molecule has 0 aromatic rings. The summed E-state index contributed by atoms with van der Waals surface area (Å²) in [4.78, 5) is 0. The van der Waals surface area contributed by atoms with E-state index in [9.17, 15) is 0 Å². The molecule has 0 unspecified atom stereocenters. The van der Waals surface area contributed by atoms with Crippen LogP contribution in [0.25, 0.3) is 0 Å². The topological polar surface area (TPSA) is 9.23 Å². The van der Waals surface area contributed by atoms with Crippen molar-refractivity contribution in [3.63, 3.8) is 0 Å². The molecule has 0 amide bonds. The van der Waals surface area contributed by atoms with Crippen LogP contribution in [0.5, 0.6) is 0 Å². The van der Waals surface area contributed by atoms with Crippen LogP contribution >= 0.6 is 0 Å². The zero-order valence-corrected chi connectivity index (χ0v) is 7.01. The summed E-state index contributed by atoms with van der Waals surface area (Å²) < 4.78 is 5.14. The molecule has 1 fully saturated rings. The predicted molar refractivity (Wildman–Crippen MR) is 47.2 cm³/mol. The molecule has 1 heteroatoms. The molecule has 0 heterocycles. The van der Waals surface area contributed by atoms with E-state index in [2.05, 4.69) is 13.2 Å². The van der Waals surface area contributed by atoms with E-state index in [0.29, 0.717) is 0 Å². The fraction of sp³-hybridized carbons (Fsp3) is 0.600. The van der Waals surface area contributed by atoms with E-state index in [4.69, 9.17) is 4.74 Å². The molecule has 1 nitrogen and oxygen atoms in total. The molecule has 62 valence electrons. The van der Waals surface area contributed by atoms with Gasteiger partial charge in [0, 0.05) is 0 Å². The van der Waals surface area contributed by atoms with Gasteiger partial charge in [-0.15, -0.1) is 0 Å². The van der Waals surface area contributed by atoms with Crippen LogP contribution in [-0.4, -0.2) is 6.61 Å². The molecule has 0 aromatic carbocycles. The quantitative estimate of drug-likeness (QED) is 0.446. The van der Waals surface area contributed by atoms with Gasteiger partial charge in [-0.1, -0.05) is 18.7 Å². The second-order valence-electron chi connectivity index (χ2n) is 3.19. The average Bonchev–Trinajstić information content (AvgIpc) is 2.04. The third-order valence-corrected chi connectivity index (χ3v) is 2.26. The molecule has 1 aliphatic rings. The van der Waals surface area contributed by atoms with Crippen LogP contribution in [-0.2, 0) is 4.74 Å². The van der Waals surface area contributed by atoms with Crippen molar-refractivity contribution in [3.05, 3.63) is 25.0 Å². The van der Waals surface area contributed by atoms with Gasteiger partial charge in [0.15, 0.2) is 0 Å². The molecule has 11 heavy (non-hydrogen) atoms. The SMILES string of the molecule is C=COCC1CCC(=C)CC1. The minimum Gasteiger partial charge on any atom is -0.502 e. The third kappa shape index (κ3) is 2.79. The van der Waals surface area contributed by atoms with Gasteiger partial charge < -0.3 is 4.74 Å². The molecule has 0 saturated heterocycles. The van der Waals surface area contributed by atoms with E-state index in [-0.39, 0.29) is 0 Å². The maximum Gasteiger partial charge on any atom is 0.0901 e. The molecule has 0 aliphatic heterocycles. The number of ether oxygens (including phenoxy) is 1. The Morgan fingerprint density at radius 2 is 2.09 bits per heavy atom. The Hall–Kier alpha value is -0.720. The highest BCUT2D eigenvalue weighted by molar-refractivity contribution is 4.98. The summed E-state index contributed by atoms with van der Waals surface area (Å²) in [6, 6.07) is 0. The van der Waals surface area contributed by atoms with E-state index in [1.807, 2.05) is 0 Å². The van der Waals surface area contributed by atoms with Crippen LogP contribution in [0, 0.1) is 5.92 Å². The van der Waals surface area contributed by atoms with Crippen molar-refractivity contribution in [1.29, 1.82) is 0 Å². The Morgan fingerprint density at radius 3 is 2.64 bits per heavy atom. The average molecular weight is 152 g/mol. The lowest BCUT2D eigenvalue weighted by atomic mass is 9.87. The second-order valence-corrected chi connectivity index (χ2v) is 3.19. The molecular formula is C10H16O. The fourth-order valence-electron chi connectivity index (χ4n) is 1.46. The minimum atomic E-state index is 0.735. The maximum absolute atomic E-state index is 5.14. The Kier molecular flexibility index (Phi) is 3.21. The number of hydrogen-bond acceptors (Lipinski definition) is 1. The summed E-state index contributed by atoms with van der Waals surface area (Å²) in [6.45, 7) is 8.33. The van der Waals surface area contributed by atoms with Crippen molar-refractivity contribution in [3.8, 4) is 0 Å². The van der Waals surface area contributed by atoms with Crippen molar-refractivity contribution in [1.82, 2.24) is 0 Å². The van der Waals surface area contributed by atoms with Crippen molar-refractivity contribution in [2.24, 2.45) is 5.92 Å². The Balaban J connectivity index is 2.16. The van der Waals surface area contributed by atoms with Crippen molar-refractivity contribution < 1.29 is 4.74 Å². The van der Waals surface area contributed by atoms with Gasteiger partial charge in [-0.25, -0.2) is 0 Å². The van der Waals surface area contributed by atoms with Gasteiger partial charge >= 0.3 is 0 Å². The van der Waals surface area contributed by atoms with Crippen molar-refractivity contribution in [2.75, 3.05) is 6.61 Å². The Bertz CT molecular complexity index is 136. The Labute approximate surface area is 68.8 Å². The van der Waals surface area contributed by atoms with Crippen LogP contribution in [0.3, 0.4) is 0 Å². The minimum absolute atomic E-state index is 0.735. The highest BCUT2D eigenvalue weighted by Crippen LogP contribution is 2.26. The van der Waals surface area contributed by atoms with E-state index in [1.165, 1.54) is 37.5 Å². The zero-order chi connectivity index (χ0) is 8.10. The van der Waals surface area contributed by atoms with Gasteiger partial charge in [0.1, 0.15) is 0 Å². The standard InChI is InChI=1S/C10H16O/c1-3-11-8-10-6-4-9(2)5-7-10/h3,10H,1-2,4-8H2. The second kappa shape index (κ2) is 4.22. The molecule has 1 rings (SSSR count). The summed E-state index contributed by atoms with van der Waals surface area (Å²) in [5.74, 6) is 0.735. The van der Waals surface area contributed by atoms with Gasteiger partial charge in [-0.3, -0.25) is 0 Å². The molecule has 0 aromatic heterocycles.